The number of amides is 2. The van der Waals surface area contributed by atoms with Gasteiger partial charge in [-0.3, -0.25) is 13.9 Å². The lowest BCUT2D eigenvalue weighted by atomic mass is 10.1. The van der Waals surface area contributed by atoms with Gasteiger partial charge in [-0.05, 0) is 62.8 Å². The Morgan fingerprint density at radius 1 is 0.972 bits per heavy atom. The summed E-state index contributed by atoms with van der Waals surface area (Å²) < 4.78 is 26.5. The second-order valence-corrected chi connectivity index (χ2v) is 11.9. The fourth-order valence-corrected chi connectivity index (χ4v) is 4.93. The summed E-state index contributed by atoms with van der Waals surface area (Å²) in [6.07, 6.45) is 1.65. The van der Waals surface area contributed by atoms with Crippen LogP contribution in [-0.4, -0.2) is 50.5 Å². The van der Waals surface area contributed by atoms with Crippen molar-refractivity contribution in [3.8, 4) is 0 Å². The summed E-state index contributed by atoms with van der Waals surface area (Å²) in [4.78, 5) is 27.8. The van der Waals surface area contributed by atoms with Crippen molar-refractivity contribution >= 4 is 27.5 Å². The minimum absolute atomic E-state index is 0.130. The van der Waals surface area contributed by atoms with Crippen molar-refractivity contribution in [1.29, 1.82) is 0 Å². The van der Waals surface area contributed by atoms with Crippen LogP contribution in [0.4, 0.5) is 5.69 Å². The first-order valence-corrected chi connectivity index (χ1v) is 14.3. The number of nitrogens with zero attached hydrogens (tertiary/aromatic N) is 2. The number of carbonyl (C=O) groups excluding carboxylic acids is 2. The van der Waals surface area contributed by atoms with Gasteiger partial charge >= 0.3 is 0 Å². The average molecular weight is 516 g/mol. The summed E-state index contributed by atoms with van der Waals surface area (Å²) in [6, 6.07) is 12.8. The number of nitrogens with one attached hydrogen (secondary N) is 1. The van der Waals surface area contributed by atoms with E-state index in [1.165, 1.54) is 10.6 Å². The van der Waals surface area contributed by atoms with E-state index in [9.17, 15) is 18.0 Å². The molecule has 0 radical (unpaired) electrons. The van der Waals surface area contributed by atoms with Crippen molar-refractivity contribution in [2.45, 2.75) is 67.0 Å². The predicted molar refractivity (Wildman–Crippen MR) is 146 cm³/mol. The van der Waals surface area contributed by atoms with Crippen LogP contribution < -0.4 is 9.62 Å². The third kappa shape index (κ3) is 8.36. The number of rotatable bonds is 12. The summed E-state index contributed by atoms with van der Waals surface area (Å²) in [6.45, 7) is 12.6. The number of carbonyl (C=O) groups is 2. The lowest BCUT2D eigenvalue weighted by Crippen LogP contribution is -2.48. The number of anilines is 1. The lowest BCUT2D eigenvalue weighted by Gasteiger charge is -2.30. The van der Waals surface area contributed by atoms with Gasteiger partial charge in [0.1, 0.15) is 6.04 Å². The Hall–Kier alpha value is -2.87. The molecule has 0 saturated carbocycles. The Kier molecular flexibility index (Phi) is 10.5. The Labute approximate surface area is 216 Å². The molecule has 2 rings (SSSR count). The molecule has 1 atom stereocenters. The van der Waals surface area contributed by atoms with Crippen LogP contribution in [0.15, 0.2) is 42.5 Å². The molecule has 198 valence electrons. The fraction of sp³-hybridized carbons (Fsp3) is 0.500. The van der Waals surface area contributed by atoms with E-state index >= 15 is 0 Å². The van der Waals surface area contributed by atoms with E-state index in [1.54, 1.807) is 17.9 Å². The Bertz CT molecular complexity index is 1140. The fourth-order valence-electron chi connectivity index (χ4n) is 3.91. The van der Waals surface area contributed by atoms with Crippen LogP contribution >= 0.6 is 0 Å². The van der Waals surface area contributed by atoms with E-state index in [-0.39, 0.29) is 24.8 Å². The number of sulfonamides is 1. The van der Waals surface area contributed by atoms with E-state index in [4.69, 9.17) is 0 Å². The first kappa shape index (κ1) is 29.4. The van der Waals surface area contributed by atoms with Crippen LogP contribution in [0, 0.1) is 26.7 Å². The van der Waals surface area contributed by atoms with Gasteiger partial charge in [0.05, 0.1) is 11.9 Å². The van der Waals surface area contributed by atoms with Crippen molar-refractivity contribution in [2.75, 3.05) is 23.7 Å². The van der Waals surface area contributed by atoms with E-state index in [2.05, 4.69) is 5.32 Å². The smallest absolute Gasteiger partial charge is 0.242 e. The number of aryl methyl sites for hydroxylation is 2. The van der Waals surface area contributed by atoms with Gasteiger partial charge in [0, 0.05) is 26.1 Å². The zero-order valence-corrected chi connectivity index (χ0v) is 23.5. The van der Waals surface area contributed by atoms with E-state index in [0.717, 1.165) is 22.3 Å². The first-order chi connectivity index (χ1) is 16.8. The Morgan fingerprint density at radius 3 is 2.19 bits per heavy atom. The SMILES string of the molecule is Cc1ccc(CN(C(=O)CCCN(c2cccc(C)c2C)S(C)(=O)=O)C(C)C(=O)NCC(C)C)cc1. The van der Waals surface area contributed by atoms with Crippen LogP contribution in [0.2, 0.25) is 0 Å². The van der Waals surface area contributed by atoms with Crippen molar-refractivity contribution in [3.63, 3.8) is 0 Å². The van der Waals surface area contributed by atoms with Gasteiger partial charge in [-0.2, -0.15) is 0 Å². The van der Waals surface area contributed by atoms with Crippen LogP contribution in [0.25, 0.3) is 0 Å². The zero-order valence-electron chi connectivity index (χ0n) is 22.7. The Morgan fingerprint density at radius 2 is 1.61 bits per heavy atom. The molecule has 0 aromatic heterocycles. The minimum atomic E-state index is -3.53. The average Bonchev–Trinajstić information content (AvgIpc) is 2.80. The normalized spacial score (nSPS) is 12.3. The summed E-state index contributed by atoms with van der Waals surface area (Å²) in [5.41, 5.74) is 4.58. The monoisotopic (exact) mass is 515 g/mol. The molecule has 1 unspecified atom stereocenters. The molecule has 0 saturated heterocycles. The van der Waals surface area contributed by atoms with E-state index < -0.39 is 16.1 Å². The molecule has 7 nitrogen and oxygen atoms in total. The molecule has 1 N–H and O–H groups in total. The second kappa shape index (κ2) is 12.9. The van der Waals surface area contributed by atoms with Crippen molar-refractivity contribution < 1.29 is 18.0 Å². The highest BCUT2D eigenvalue weighted by atomic mass is 32.2. The molecule has 2 aromatic rings. The number of hydrogen-bond donors (Lipinski definition) is 1. The van der Waals surface area contributed by atoms with Gasteiger partial charge in [-0.1, -0.05) is 55.8 Å². The second-order valence-electron chi connectivity index (χ2n) is 9.98. The highest BCUT2D eigenvalue weighted by Gasteiger charge is 2.27. The first-order valence-electron chi connectivity index (χ1n) is 12.5. The molecular weight excluding hydrogens is 474 g/mol. The molecule has 0 bridgehead atoms. The molecule has 0 spiro atoms. The molecule has 0 fully saturated rings. The van der Waals surface area contributed by atoms with Crippen molar-refractivity contribution in [1.82, 2.24) is 10.2 Å². The van der Waals surface area contributed by atoms with Crippen LogP contribution in [-0.2, 0) is 26.2 Å². The quantitative estimate of drug-likeness (QED) is 0.455. The highest BCUT2D eigenvalue weighted by Crippen LogP contribution is 2.25. The van der Waals surface area contributed by atoms with Crippen LogP contribution in [0.3, 0.4) is 0 Å². The molecule has 0 heterocycles. The Balaban J connectivity index is 2.19. The molecular formula is C28H41N3O4S. The maximum absolute atomic E-state index is 13.4. The van der Waals surface area contributed by atoms with Gasteiger partial charge in [-0.25, -0.2) is 8.42 Å². The summed E-state index contributed by atoms with van der Waals surface area (Å²) in [5, 5.41) is 2.92. The number of hydrogen-bond acceptors (Lipinski definition) is 4. The summed E-state index contributed by atoms with van der Waals surface area (Å²) in [7, 11) is -3.53. The molecule has 0 aliphatic heterocycles. The zero-order chi connectivity index (χ0) is 27.0. The van der Waals surface area contributed by atoms with E-state index in [0.29, 0.717) is 31.1 Å². The van der Waals surface area contributed by atoms with Gasteiger partial charge in [0.25, 0.3) is 0 Å². The maximum Gasteiger partial charge on any atom is 0.242 e. The molecule has 0 aliphatic carbocycles. The summed E-state index contributed by atoms with van der Waals surface area (Å²) >= 11 is 0. The topological polar surface area (TPSA) is 86.8 Å². The van der Waals surface area contributed by atoms with Crippen LogP contribution in [0.1, 0.15) is 55.9 Å². The van der Waals surface area contributed by atoms with Gasteiger partial charge in [-0.15, -0.1) is 0 Å². The van der Waals surface area contributed by atoms with Crippen molar-refractivity contribution in [3.05, 3.63) is 64.7 Å². The third-order valence-corrected chi connectivity index (χ3v) is 7.50. The van der Waals surface area contributed by atoms with Gasteiger partial charge in [0.15, 0.2) is 0 Å². The van der Waals surface area contributed by atoms with Crippen molar-refractivity contribution in [2.24, 2.45) is 5.92 Å². The molecule has 36 heavy (non-hydrogen) atoms. The largest absolute Gasteiger partial charge is 0.354 e. The summed E-state index contributed by atoms with van der Waals surface area (Å²) in [5.74, 6) is -0.0797. The van der Waals surface area contributed by atoms with Gasteiger partial charge in [0.2, 0.25) is 21.8 Å². The minimum Gasteiger partial charge on any atom is -0.354 e. The molecule has 2 aromatic carbocycles. The number of benzene rings is 2. The van der Waals surface area contributed by atoms with Gasteiger partial charge < -0.3 is 10.2 Å². The highest BCUT2D eigenvalue weighted by molar-refractivity contribution is 7.92. The lowest BCUT2D eigenvalue weighted by molar-refractivity contribution is -0.140. The molecule has 8 heteroatoms. The third-order valence-electron chi connectivity index (χ3n) is 6.32. The van der Waals surface area contributed by atoms with Crippen LogP contribution in [0.5, 0.6) is 0 Å². The predicted octanol–water partition coefficient (Wildman–Crippen LogP) is 4.35. The molecule has 0 aliphatic rings. The van der Waals surface area contributed by atoms with E-state index in [1.807, 2.05) is 71.0 Å². The maximum atomic E-state index is 13.4. The standard InChI is InChI=1S/C28H41N3O4S/c1-20(2)18-29-28(33)24(6)30(19-25-15-13-21(3)14-16-25)27(32)12-9-17-31(36(7,34)35)26-11-8-10-22(4)23(26)5/h8,10-11,13-16,20,24H,9,12,17-19H2,1-7H3,(H,29,33). The molecule has 2 amide bonds.